The molecule has 1 aliphatic carbocycles. The van der Waals surface area contributed by atoms with Crippen molar-refractivity contribution in [1.82, 2.24) is 4.90 Å². The molecule has 124 valence electrons. The van der Waals surface area contributed by atoms with E-state index in [-0.39, 0.29) is 0 Å². The van der Waals surface area contributed by atoms with E-state index in [9.17, 15) is 4.79 Å². The molecule has 2 aliphatic heterocycles. The fourth-order valence-corrected chi connectivity index (χ4v) is 4.53. The largest absolute Gasteiger partial charge is 0.493 e. The van der Waals surface area contributed by atoms with E-state index in [1.54, 1.807) is 7.11 Å². The van der Waals surface area contributed by atoms with Gasteiger partial charge in [-0.05, 0) is 56.2 Å². The third kappa shape index (κ3) is 2.68. The van der Waals surface area contributed by atoms with Crippen molar-refractivity contribution < 1.29 is 14.3 Å². The predicted molar refractivity (Wildman–Crippen MR) is 88.0 cm³/mol. The summed E-state index contributed by atoms with van der Waals surface area (Å²) in [5.74, 6) is 2.46. The summed E-state index contributed by atoms with van der Waals surface area (Å²) >= 11 is 0. The molecule has 4 heteroatoms. The summed E-state index contributed by atoms with van der Waals surface area (Å²) in [6.45, 7) is 0.902. The zero-order valence-corrected chi connectivity index (χ0v) is 13.8. The number of benzene rings is 1. The predicted octanol–water partition coefficient (Wildman–Crippen LogP) is 3.49. The minimum atomic E-state index is 0.326. The normalized spacial score (nSPS) is 27.5. The number of ether oxygens (including phenoxy) is 2. The van der Waals surface area contributed by atoms with Gasteiger partial charge in [-0.15, -0.1) is 0 Å². The van der Waals surface area contributed by atoms with Crippen LogP contribution < -0.4 is 9.47 Å². The average Bonchev–Trinajstić information content (AvgIpc) is 3.27. The van der Waals surface area contributed by atoms with Gasteiger partial charge in [-0.1, -0.05) is 6.07 Å². The fourth-order valence-electron chi connectivity index (χ4n) is 4.53. The van der Waals surface area contributed by atoms with E-state index in [2.05, 4.69) is 17.0 Å². The summed E-state index contributed by atoms with van der Waals surface area (Å²) in [6.07, 6.45) is 7.89. The zero-order chi connectivity index (χ0) is 15.8. The van der Waals surface area contributed by atoms with Crippen molar-refractivity contribution in [2.24, 2.45) is 0 Å². The minimum Gasteiger partial charge on any atom is -0.493 e. The molecular formula is C19H25NO3. The van der Waals surface area contributed by atoms with Gasteiger partial charge in [0.1, 0.15) is 0 Å². The number of carbonyl (C=O) groups is 1. The van der Waals surface area contributed by atoms with Gasteiger partial charge in [0, 0.05) is 24.9 Å². The molecule has 2 heterocycles. The van der Waals surface area contributed by atoms with Crippen LogP contribution in [0.2, 0.25) is 0 Å². The van der Waals surface area contributed by atoms with Gasteiger partial charge in [0.25, 0.3) is 0 Å². The summed E-state index contributed by atoms with van der Waals surface area (Å²) in [5.41, 5.74) is 1.29. The van der Waals surface area contributed by atoms with Crippen LogP contribution in [0.4, 0.5) is 0 Å². The van der Waals surface area contributed by atoms with Crippen LogP contribution in [-0.2, 0) is 4.79 Å². The minimum absolute atomic E-state index is 0.326. The molecule has 3 fully saturated rings. The Labute approximate surface area is 137 Å². The first-order chi connectivity index (χ1) is 11.3. The summed E-state index contributed by atoms with van der Waals surface area (Å²) in [4.78, 5) is 14.0. The van der Waals surface area contributed by atoms with Crippen LogP contribution in [0.15, 0.2) is 18.2 Å². The Morgan fingerprint density at radius 3 is 2.70 bits per heavy atom. The third-order valence-electron chi connectivity index (χ3n) is 5.73. The van der Waals surface area contributed by atoms with Crippen molar-refractivity contribution in [1.29, 1.82) is 0 Å². The van der Waals surface area contributed by atoms with Gasteiger partial charge in [-0.25, -0.2) is 0 Å². The molecule has 23 heavy (non-hydrogen) atoms. The van der Waals surface area contributed by atoms with Crippen LogP contribution in [0, 0.1) is 0 Å². The monoisotopic (exact) mass is 315 g/mol. The highest BCUT2D eigenvalue weighted by atomic mass is 16.5. The molecule has 1 aromatic carbocycles. The van der Waals surface area contributed by atoms with Crippen molar-refractivity contribution in [3.05, 3.63) is 23.8 Å². The molecule has 0 N–H and O–H groups in total. The van der Waals surface area contributed by atoms with Gasteiger partial charge in [-0.2, -0.15) is 0 Å². The first kappa shape index (κ1) is 14.9. The molecule has 4 rings (SSSR count). The SMILES string of the molecule is COc1ccc([C@H]2CCN3C(=O)CC[C@H]23)cc1OC1CCCC1. The Bertz CT molecular complexity index is 594. The lowest BCUT2D eigenvalue weighted by molar-refractivity contribution is -0.127. The van der Waals surface area contributed by atoms with Crippen LogP contribution in [-0.4, -0.2) is 36.6 Å². The van der Waals surface area contributed by atoms with Gasteiger partial charge in [0.2, 0.25) is 5.91 Å². The van der Waals surface area contributed by atoms with Gasteiger partial charge < -0.3 is 14.4 Å². The second-order valence-electron chi connectivity index (χ2n) is 7.02. The summed E-state index contributed by atoms with van der Waals surface area (Å²) in [5, 5.41) is 0. The molecule has 4 nitrogen and oxygen atoms in total. The molecule has 0 radical (unpaired) electrons. The zero-order valence-electron chi connectivity index (χ0n) is 13.8. The van der Waals surface area contributed by atoms with E-state index in [0.29, 0.717) is 30.4 Å². The van der Waals surface area contributed by atoms with Crippen LogP contribution in [0.3, 0.4) is 0 Å². The second kappa shape index (κ2) is 6.06. The number of hydrogen-bond acceptors (Lipinski definition) is 3. The maximum absolute atomic E-state index is 11.9. The highest BCUT2D eigenvalue weighted by Crippen LogP contribution is 2.42. The first-order valence-corrected chi connectivity index (χ1v) is 8.90. The van der Waals surface area contributed by atoms with Crippen molar-refractivity contribution >= 4 is 5.91 Å². The highest BCUT2D eigenvalue weighted by Gasteiger charge is 2.42. The van der Waals surface area contributed by atoms with Gasteiger partial charge in [-0.3, -0.25) is 4.79 Å². The van der Waals surface area contributed by atoms with Gasteiger partial charge >= 0.3 is 0 Å². The maximum Gasteiger partial charge on any atom is 0.222 e. The molecule has 0 unspecified atom stereocenters. The molecule has 0 spiro atoms. The van der Waals surface area contributed by atoms with Crippen LogP contribution in [0.5, 0.6) is 11.5 Å². The van der Waals surface area contributed by atoms with E-state index < -0.39 is 0 Å². The molecule has 0 aromatic heterocycles. The number of fused-ring (bicyclic) bond motifs is 1. The molecule has 1 amide bonds. The highest BCUT2D eigenvalue weighted by molar-refractivity contribution is 5.79. The van der Waals surface area contributed by atoms with E-state index in [1.165, 1.54) is 18.4 Å². The summed E-state index contributed by atoms with van der Waals surface area (Å²) in [6, 6.07) is 6.72. The lowest BCUT2D eigenvalue weighted by atomic mass is 9.90. The number of amides is 1. The van der Waals surface area contributed by atoms with E-state index >= 15 is 0 Å². The van der Waals surface area contributed by atoms with Crippen molar-refractivity contribution in [3.8, 4) is 11.5 Å². The fraction of sp³-hybridized carbons (Fsp3) is 0.632. The van der Waals surface area contributed by atoms with Crippen LogP contribution in [0.1, 0.15) is 56.4 Å². The number of carbonyl (C=O) groups excluding carboxylic acids is 1. The first-order valence-electron chi connectivity index (χ1n) is 8.90. The van der Waals surface area contributed by atoms with Crippen molar-refractivity contribution in [2.45, 2.75) is 63.0 Å². The topological polar surface area (TPSA) is 38.8 Å². The van der Waals surface area contributed by atoms with E-state index in [1.807, 2.05) is 6.07 Å². The van der Waals surface area contributed by atoms with Gasteiger partial charge in [0.15, 0.2) is 11.5 Å². The lowest BCUT2D eigenvalue weighted by Crippen LogP contribution is -2.28. The Morgan fingerprint density at radius 2 is 1.91 bits per heavy atom. The standard InChI is InChI=1S/C19H25NO3/c1-22-17-8-6-13(12-18(17)23-14-4-2-3-5-14)15-10-11-20-16(15)7-9-19(20)21/h6,8,12,14-16H,2-5,7,9-11H2,1H3/t15-,16-/m1/s1. The molecule has 2 saturated heterocycles. The van der Waals surface area contributed by atoms with Crippen LogP contribution in [0.25, 0.3) is 0 Å². The molecule has 0 bridgehead atoms. The second-order valence-corrected chi connectivity index (χ2v) is 7.02. The van der Waals surface area contributed by atoms with Gasteiger partial charge in [0.05, 0.1) is 13.2 Å². The van der Waals surface area contributed by atoms with E-state index in [4.69, 9.17) is 9.47 Å². The lowest BCUT2D eigenvalue weighted by Gasteiger charge is -2.22. The quantitative estimate of drug-likeness (QED) is 0.853. The number of nitrogens with zero attached hydrogens (tertiary/aromatic N) is 1. The Hall–Kier alpha value is -1.71. The van der Waals surface area contributed by atoms with Crippen molar-refractivity contribution in [2.75, 3.05) is 13.7 Å². The Balaban J connectivity index is 1.58. The maximum atomic E-state index is 11.9. The Kier molecular flexibility index (Phi) is 3.92. The molecule has 2 atom stereocenters. The molecule has 3 aliphatic rings. The number of rotatable bonds is 4. The Morgan fingerprint density at radius 1 is 1.09 bits per heavy atom. The molecular weight excluding hydrogens is 290 g/mol. The molecule has 1 aromatic rings. The van der Waals surface area contributed by atoms with Crippen molar-refractivity contribution in [3.63, 3.8) is 0 Å². The summed E-state index contributed by atoms with van der Waals surface area (Å²) < 4.78 is 11.7. The summed E-state index contributed by atoms with van der Waals surface area (Å²) in [7, 11) is 1.70. The van der Waals surface area contributed by atoms with E-state index in [0.717, 1.165) is 43.7 Å². The third-order valence-corrected chi connectivity index (χ3v) is 5.73. The number of hydrogen-bond donors (Lipinski definition) is 0. The average molecular weight is 315 g/mol. The molecule has 1 saturated carbocycles. The smallest absolute Gasteiger partial charge is 0.222 e. The number of methoxy groups -OCH3 is 1. The van der Waals surface area contributed by atoms with Crippen LogP contribution >= 0.6 is 0 Å².